The number of ketones is 1. The van der Waals surface area contributed by atoms with E-state index in [2.05, 4.69) is 25.7 Å². The van der Waals surface area contributed by atoms with Gasteiger partial charge in [0.1, 0.15) is 11.4 Å². The molecule has 0 aliphatic heterocycles. The topological polar surface area (TPSA) is 85.7 Å². The summed E-state index contributed by atoms with van der Waals surface area (Å²) in [6, 6.07) is 3.32. The molecule has 1 N–H and O–H groups in total. The highest BCUT2D eigenvalue weighted by Crippen LogP contribution is 2.35. The van der Waals surface area contributed by atoms with Crippen LogP contribution in [0.4, 0.5) is 13.2 Å². The van der Waals surface area contributed by atoms with Crippen LogP contribution in [0.3, 0.4) is 0 Å². The van der Waals surface area contributed by atoms with Gasteiger partial charge in [-0.2, -0.15) is 0 Å². The van der Waals surface area contributed by atoms with Crippen LogP contribution in [0.1, 0.15) is 41.5 Å². The van der Waals surface area contributed by atoms with Crippen molar-refractivity contribution in [2.75, 3.05) is 6.61 Å². The minimum atomic E-state index is -4.91. The van der Waals surface area contributed by atoms with Gasteiger partial charge in [-0.25, -0.2) is 4.98 Å². The van der Waals surface area contributed by atoms with Crippen molar-refractivity contribution in [3.05, 3.63) is 49.7 Å². The number of halogens is 6. The minimum Gasteiger partial charge on any atom is -0.504 e. The molecule has 0 saturated carbocycles. The Hall–Kier alpha value is -2.04. The fraction of sp³-hybridized carbons (Fsp3) is 0.316. The zero-order chi connectivity index (χ0) is 23.3. The lowest BCUT2D eigenvalue weighted by Gasteiger charge is -2.13. The Bertz CT molecular complexity index is 978. The van der Waals surface area contributed by atoms with E-state index in [9.17, 15) is 27.9 Å². The van der Waals surface area contributed by atoms with Gasteiger partial charge >= 0.3 is 12.3 Å². The molecule has 0 fully saturated rings. The van der Waals surface area contributed by atoms with E-state index in [0.29, 0.717) is 0 Å². The van der Waals surface area contributed by atoms with Gasteiger partial charge in [0.2, 0.25) is 0 Å². The van der Waals surface area contributed by atoms with E-state index in [-0.39, 0.29) is 57.3 Å². The summed E-state index contributed by atoms with van der Waals surface area (Å²) < 4.78 is 45.9. The second-order valence-corrected chi connectivity index (χ2v) is 7.78. The van der Waals surface area contributed by atoms with Crippen LogP contribution in [0.5, 0.6) is 11.5 Å². The molecule has 2 aromatic rings. The van der Waals surface area contributed by atoms with E-state index in [1.807, 2.05) is 0 Å². The summed E-state index contributed by atoms with van der Waals surface area (Å²) >= 11 is 15.2. The van der Waals surface area contributed by atoms with Crippen LogP contribution >= 0.6 is 39.1 Å². The number of pyridine rings is 1. The lowest BCUT2D eigenvalue weighted by atomic mass is 10.1. The number of rotatable bonds is 8. The summed E-state index contributed by atoms with van der Waals surface area (Å²) in [6.07, 6.45) is -5.38. The zero-order valence-electron chi connectivity index (χ0n) is 15.9. The van der Waals surface area contributed by atoms with Gasteiger partial charge in [0.15, 0.2) is 11.5 Å². The van der Waals surface area contributed by atoms with Crippen LogP contribution in [-0.2, 0) is 16.0 Å². The number of esters is 1. The number of hydrogen-bond donors (Lipinski definition) is 1. The lowest BCUT2D eigenvalue weighted by molar-refractivity contribution is -0.274. The summed E-state index contributed by atoms with van der Waals surface area (Å²) in [7, 11) is 0. The third kappa shape index (κ3) is 7.26. The number of ether oxygens (including phenoxy) is 2. The highest BCUT2D eigenvalue weighted by molar-refractivity contribution is 9.10. The summed E-state index contributed by atoms with van der Waals surface area (Å²) in [5, 5.41) is 9.95. The zero-order valence-corrected chi connectivity index (χ0v) is 19.0. The van der Waals surface area contributed by atoms with Crippen molar-refractivity contribution in [3.8, 4) is 11.5 Å². The highest BCUT2D eigenvalue weighted by Gasteiger charge is 2.31. The monoisotopic (exact) mass is 543 g/mol. The van der Waals surface area contributed by atoms with Crippen molar-refractivity contribution in [1.82, 2.24) is 4.98 Å². The van der Waals surface area contributed by atoms with Crippen LogP contribution in [-0.4, -0.2) is 34.8 Å². The summed E-state index contributed by atoms with van der Waals surface area (Å²) in [4.78, 5) is 28.0. The number of alkyl halides is 3. The molecule has 0 bridgehead atoms. The van der Waals surface area contributed by atoms with Crippen molar-refractivity contribution < 1.29 is 37.3 Å². The smallest absolute Gasteiger partial charge is 0.504 e. The van der Waals surface area contributed by atoms with E-state index in [1.54, 1.807) is 6.92 Å². The predicted molar refractivity (Wildman–Crippen MR) is 110 cm³/mol. The molecule has 1 aromatic heterocycles. The molecule has 2 rings (SSSR count). The molecular formula is C19H15BrCl2F3NO5. The van der Waals surface area contributed by atoms with Gasteiger partial charge in [0, 0.05) is 28.6 Å². The Kier molecular flexibility index (Phi) is 8.56. The van der Waals surface area contributed by atoms with Gasteiger partial charge in [0.25, 0.3) is 0 Å². The maximum absolute atomic E-state index is 12.4. The Balaban J connectivity index is 2.28. The van der Waals surface area contributed by atoms with Gasteiger partial charge in [-0.15, -0.1) is 13.2 Å². The van der Waals surface area contributed by atoms with Gasteiger partial charge < -0.3 is 14.6 Å². The molecule has 168 valence electrons. The number of Topliss-reactive ketones (excluding diaryl/α,β-unsaturated/α-hetero) is 1. The van der Waals surface area contributed by atoms with Gasteiger partial charge in [-0.1, -0.05) is 23.2 Å². The van der Waals surface area contributed by atoms with Crippen molar-refractivity contribution in [2.24, 2.45) is 0 Å². The summed E-state index contributed by atoms with van der Waals surface area (Å²) in [5.74, 6) is -2.16. The fourth-order valence-corrected chi connectivity index (χ4v) is 3.58. The molecule has 0 saturated heterocycles. The lowest BCUT2D eigenvalue weighted by Crippen LogP contribution is -2.17. The summed E-state index contributed by atoms with van der Waals surface area (Å²) in [5.41, 5.74) is 0.211. The van der Waals surface area contributed by atoms with Crippen LogP contribution in [0.25, 0.3) is 0 Å². The number of carbonyl (C=O) groups is 2. The van der Waals surface area contributed by atoms with Crippen molar-refractivity contribution >= 4 is 50.9 Å². The van der Waals surface area contributed by atoms with Gasteiger partial charge in [-0.3, -0.25) is 9.59 Å². The highest BCUT2D eigenvalue weighted by atomic mass is 79.9. The number of aromatic hydroxyl groups is 1. The Labute approximate surface area is 193 Å². The predicted octanol–water partition coefficient (Wildman–Crippen LogP) is 5.87. The first kappa shape index (κ1) is 25.2. The van der Waals surface area contributed by atoms with E-state index in [0.717, 1.165) is 12.1 Å². The molecule has 6 nitrogen and oxygen atoms in total. The first-order valence-electron chi connectivity index (χ1n) is 8.72. The van der Waals surface area contributed by atoms with Crippen molar-refractivity contribution in [1.29, 1.82) is 0 Å². The van der Waals surface area contributed by atoms with Crippen molar-refractivity contribution in [3.63, 3.8) is 0 Å². The maximum atomic E-state index is 12.4. The number of carbonyl (C=O) groups excluding carboxylic acids is 2. The molecular weight excluding hydrogens is 530 g/mol. The third-order valence-corrected chi connectivity index (χ3v) is 5.11. The number of nitrogens with zero attached hydrogens (tertiary/aromatic N) is 1. The van der Waals surface area contributed by atoms with Crippen LogP contribution in [0, 0.1) is 0 Å². The number of aromatic nitrogens is 1. The molecule has 1 heterocycles. The molecule has 1 aromatic carbocycles. The van der Waals surface area contributed by atoms with Gasteiger partial charge in [-0.05, 0) is 46.6 Å². The van der Waals surface area contributed by atoms with Crippen LogP contribution < -0.4 is 4.74 Å². The molecule has 0 radical (unpaired) electrons. The minimum absolute atomic E-state index is 0.0546. The molecule has 0 aliphatic carbocycles. The molecule has 12 heteroatoms. The average molecular weight is 545 g/mol. The average Bonchev–Trinajstić information content (AvgIpc) is 2.64. The van der Waals surface area contributed by atoms with Gasteiger partial charge in [0.05, 0.1) is 17.5 Å². The van der Waals surface area contributed by atoms with E-state index < -0.39 is 29.6 Å². The summed E-state index contributed by atoms with van der Waals surface area (Å²) in [6.45, 7) is 1.80. The molecule has 0 spiro atoms. The molecule has 31 heavy (non-hydrogen) atoms. The maximum Gasteiger partial charge on any atom is 0.573 e. The molecule has 0 amide bonds. The quantitative estimate of drug-likeness (QED) is 0.330. The van der Waals surface area contributed by atoms with E-state index in [4.69, 9.17) is 27.9 Å². The Morgan fingerprint density at radius 3 is 2.32 bits per heavy atom. The van der Waals surface area contributed by atoms with E-state index in [1.165, 1.54) is 6.07 Å². The normalized spacial score (nSPS) is 11.3. The first-order valence-corrected chi connectivity index (χ1v) is 10.3. The molecule has 0 aliphatic rings. The molecule has 0 unspecified atom stereocenters. The molecule has 0 atom stereocenters. The fourth-order valence-electron chi connectivity index (χ4n) is 2.53. The van der Waals surface area contributed by atoms with Crippen LogP contribution in [0.15, 0.2) is 22.7 Å². The first-order chi connectivity index (χ1) is 14.4. The second kappa shape index (κ2) is 10.5. The number of benzene rings is 1. The van der Waals surface area contributed by atoms with Crippen molar-refractivity contribution in [2.45, 2.75) is 32.5 Å². The Morgan fingerprint density at radius 1 is 1.16 bits per heavy atom. The largest absolute Gasteiger partial charge is 0.573 e. The second-order valence-electron chi connectivity index (χ2n) is 6.11. The Morgan fingerprint density at radius 2 is 1.77 bits per heavy atom. The number of hydrogen-bond acceptors (Lipinski definition) is 6. The third-order valence-electron chi connectivity index (χ3n) is 3.83. The van der Waals surface area contributed by atoms with E-state index >= 15 is 0 Å². The van der Waals surface area contributed by atoms with Crippen LogP contribution in [0.2, 0.25) is 10.0 Å². The standard InChI is InChI=1S/C19H15BrCl2F3NO5/c1-2-30-16(28)4-3-15(27)17-18(29)12(20)6-9(26-17)5-11-13(21)7-10(8-14(11)22)31-19(23,24)25/h6-8,29H,2-5H2,1H3. The SMILES string of the molecule is CCOC(=O)CCC(=O)c1nc(Cc2c(Cl)cc(OC(F)(F)F)cc2Cl)cc(Br)c1O.